The van der Waals surface area contributed by atoms with Gasteiger partial charge in [0.05, 0.1) is 5.56 Å². The Morgan fingerprint density at radius 2 is 1.92 bits per heavy atom. The van der Waals surface area contributed by atoms with Crippen LogP contribution in [-0.2, 0) is 13.2 Å². The van der Waals surface area contributed by atoms with Gasteiger partial charge in [-0.25, -0.2) is 4.39 Å². The van der Waals surface area contributed by atoms with Crippen molar-refractivity contribution < 1.29 is 13.9 Å². The van der Waals surface area contributed by atoms with Gasteiger partial charge in [-0.1, -0.05) is 34.1 Å². The number of rotatable bonds is 6. The number of amides is 1. The van der Waals surface area contributed by atoms with E-state index in [0.29, 0.717) is 17.6 Å². The molecule has 2 aromatic carbocycles. The summed E-state index contributed by atoms with van der Waals surface area (Å²) in [4.78, 5) is 16.2. The molecule has 1 aromatic heterocycles. The van der Waals surface area contributed by atoms with Crippen LogP contribution >= 0.6 is 15.9 Å². The fraction of sp³-hybridized carbons (Fsp3) is 0.100. The van der Waals surface area contributed by atoms with E-state index in [-0.39, 0.29) is 5.56 Å². The minimum absolute atomic E-state index is 0.01000. The second kappa shape index (κ2) is 8.58. The molecule has 0 fully saturated rings. The highest BCUT2D eigenvalue weighted by Crippen LogP contribution is 2.16. The maximum Gasteiger partial charge on any atom is 0.254 e. The predicted molar refractivity (Wildman–Crippen MR) is 100 cm³/mol. The number of pyridine rings is 1. The fourth-order valence-corrected chi connectivity index (χ4v) is 2.66. The van der Waals surface area contributed by atoms with E-state index in [1.807, 2.05) is 36.4 Å². The van der Waals surface area contributed by atoms with E-state index in [2.05, 4.69) is 26.2 Å². The lowest BCUT2D eigenvalue weighted by Gasteiger charge is -2.09. The van der Waals surface area contributed by atoms with Crippen LogP contribution in [0.4, 0.5) is 4.39 Å². The van der Waals surface area contributed by atoms with Gasteiger partial charge in [0.1, 0.15) is 18.2 Å². The first-order chi connectivity index (χ1) is 12.6. The highest BCUT2D eigenvalue weighted by atomic mass is 79.9. The van der Waals surface area contributed by atoms with Crippen molar-refractivity contribution in [1.29, 1.82) is 0 Å². The second-order valence-corrected chi connectivity index (χ2v) is 6.52. The Balaban J connectivity index is 1.54. The zero-order valence-corrected chi connectivity index (χ0v) is 15.4. The van der Waals surface area contributed by atoms with Gasteiger partial charge in [0.15, 0.2) is 0 Å². The molecule has 0 aliphatic carbocycles. The van der Waals surface area contributed by atoms with Crippen LogP contribution in [0.5, 0.6) is 5.75 Å². The second-order valence-electron chi connectivity index (χ2n) is 5.60. The Labute approximate surface area is 159 Å². The van der Waals surface area contributed by atoms with Crippen LogP contribution in [-0.4, -0.2) is 10.9 Å². The van der Waals surface area contributed by atoms with Crippen LogP contribution in [0, 0.1) is 5.82 Å². The monoisotopic (exact) mass is 414 g/mol. The highest BCUT2D eigenvalue weighted by molar-refractivity contribution is 9.10. The third-order valence-electron chi connectivity index (χ3n) is 3.68. The van der Waals surface area contributed by atoms with Gasteiger partial charge in [-0.3, -0.25) is 9.78 Å². The van der Waals surface area contributed by atoms with Crippen molar-refractivity contribution >= 4 is 21.8 Å². The van der Waals surface area contributed by atoms with Gasteiger partial charge >= 0.3 is 0 Å². The molecule has 0 saturated heterocycles. The van der Waals surface area contributed by atoms with Gasteiger partial charge in [-0.05, 0) is 42.0 Å². The molecule has 0 unspecified atom stereocenters. The molecule has 3 aromatic rings. The first-order valence-corrected chi connectivity index (χ1v) is 8.75. The van der Waals surface area contributed by atoms with E-state index in [1.54, 1.807) is 18.5 Å². The number of hydrogen-bond acceptors (Lipinski definition) is 3. The Bertz CT molecular complexity index is 886. The number of nitrogens with one attached hydrogen (secondary N) is 1. The normalized spacial score (nSPS) is 10.4. The Kier molecular flexibility index (Phi) is 5.96. The molecular formula is C20H16BrFN2O2. The minimum atomic E-state index is -0.551. The van der Waals surface area contributed by atoms with E-state index in [4.69, 9.17) is 4.74 Å². The van der Waals surface area contributed by atoms with Gasteiger partial charge < -0.3 is 10.1 Å². The molecule has 3 rings (SSSR count). The van der Waals surface area contributed by atoms with Crippen molar-refractivity contribution in [2.75, 3.05) is 0 Å². The summed E-state index contributed by atoms with van der Waals surface area (Å²) in [6, 6.07) is 15.4. The number of benzene rings is 2. The number of hydrogen-bond donors (Lipinski definition) is 1. The summed E-state index contributed by atoms with van der Waals surface area (Å²) < 4.78 is 20.1. The molecule has 6 heteroatoms. The summed E-state index contributed by atoms with van der Waals surface area (Å²) in [6.45, 7) is 0.736. The predicted octanol–water partition coefficient (Wildman–Crippen LogP) is 4.49. The SMILES string of the molecule is O=C(NCc1ccc(OCc2cccnc2)cc1)c1cc(Br)ccc1F. The Morgan fingerprint density at radius 1 is 1.12 bits per heavy atom. The lowest BCUT2D eigenvalue weighted by atomic mass is 10.2. The zero-order chi connectivity index (χ0) is 18.4. The molecule has 0 aliphatic heterocycles. The summed E-state index contributed by atoms with van der Waals surface area (Å²) in [5.41, 5.74) is 1.89. The number of ether oxygens (including phenoxy) is 1. The summed E-state index contributed by atoms with van der Waals surface area (Å²) in [5.74, 6) is -0.285. The maximum absolute atomic E-state index is 13.7. The first kappa shape index (κ1) is 18.1. The van der Waals surface area contributed by atoms with E-state index in [1.165, 1.54) is 12.1 Å². The summed E-state index contributed by atoms with van der Waals surface area (Å²) in [6.07, 6.45) is 3.47. The molecule has 26 heavy (non-hydrogen) atoms. The van der Waals surface area contributed by atoms with Gasteiger partial charge in [0.25, 0.3) is 5.91 Å². The first-order valence-electron chi connectivity index (χ1n) is 7.96. The minimum Gasteiger partial charge on any atom is -0.489 e. The van der Waals surface area contributed by atoms with Crippen LogP contribution in [0.15, 0.2) is 71.5 Å². The number of carbonyl (C=O) groups is 1. The van der Waals surface area contributed by atoms with Gasteiger partial charge in [0, 0.05) is 29.0 Å². The van der Waals surface area contributed by atoms with Crippen molar-refractivity contribution in [1.82, 2.24) is 10.3 Å². The standard InChI is InChI=1S/C20H16BrFN2O2/c21-16-5-8-19(22)18(10-16)20(25)24-12-14-3-6-17(7-4-14)26-13-15-2-1-9-23-11-15/h1-11H,12-13H2,(H,24,25). The van der Waals surface area contributed by atoms with E-state index in [9.17, 15) is 9.18 Å². The van der Waals surface area contributed by atoms with Crippen molar-refractivity contribution in [2.45, 2.75) is 13.2 Å². The molecule has 0 aliphatic rings. The average Bonchev–Trinajstić information content (AvgIpc) is 2.68. The van der Waals surface area contributed by atoms with E-state index < -0.39 is 11.7 Å². The smallest absolute Gasteiger partial charge is 0.254 e. The fourth-order valence-electron chi connectivity index (χ4n) is 2.30. The summed E-state index contributed by atoms with van der Waals surface area (Å²) in [5, 5.41) is 2.71. The van der Waals surface area contributed by atoms with Crippen LogP contribution < -0.4 is 10.1 Å². The third-order valence-corrected chi connectivity index (χ3v) is 4.17. The molecule has 0 saturated carbocycles. The van der Waals surface area contributed by atoms with Crippen LogP contribution in [0.3, 0.4) is 0 Å². The van der Waals surface area contributed by atoms with Crippen LogP contribution in [0.1, 0.15) is 21.5 Å². The van der Waals surface area contributed by atoms with Crippen molar-refractivity contribution in [2.24, 2.45) is 0 Å². The quantitative estimate of drug-likeness (QED) is 0.646. The average molecular weight is 415 g/mol. The number of carbonyl (C=O) groups excluding carboxylic acids is 1. The molecule has 1 heterocycles. The molecule has 0 atom stereocenters. The number of halogens is 2. The van der Waals surface area contributed by atoms with E-state index in [0.717, 1.165) is 16.9 Å². The number of aromatic nitrogens is 1. The lowest BCUT2D eigenvalue weighted by molar-refractivity contribution is 0.0947. The largest absolute Gasteiger partial charge is 0.489 e. The Morgan fingerprint density at radius 3 is 2.65 bits per heavy atom. The molecule has 0 bridgehead atoms. The van der Waals surface area contributed by atoms with Crippen LogP contribution in [0.25, 0.3) is 0 Å². The summed E-state index contributed by atoms with van der Waals surface area (Å²) >= 11 is 3.24. The lowest BCUT2D eigenvalue weighted by Crippen LogP contribution is -2.23. The van der Waals surface area contributed by atoms with Gasteiger partial charge in [-0.2, -0.15) is 0 Å². The van der Waals surface area contributed by atoms with Crippen molar-refractivity contribution in [3.63, 3.8) is 0 Å². The molecule has 0 radical (unpaired) electrons. The topological polar surface area (TPSA) is 51.2 Å². The molecular weight excluding hydrogens is 399 g/mol. The maximum atomic E-state index is 13.7. The molecule has 0 spiro atoms. The molecule has 4 nitrogen and oxygen atoms in total. The Hall–Kier alpha value is -2.73. The van der Waals surface area contributed by atoms with E-state index >= 15 is 0 Å². The zero-order valence-electron chi connectivity index (χ0n) is 13.8. The highest BCUT2D eigenvalue weighted by Gasteiger charge is 2.11. The molecule has 132 valence electrons. The van der Waals surface area contributed by atoms with Crippen LogP contribution in [0.2, 0.25) is 0 Å². The van der Waals surface area contributed by atoms with Crippen molar-refractivity contribution in [3.8, 4) is 5.75 Å². The van der Waals surface area contributed by atoms with Gasteiger partial charge in [-0.15, -0.1) is 0 Å². The third kappa shape index (κ3) is 4.89. The molecule has 1 N–H and O–H groups in total. The number of nitrogens with zero attached hydrogens (tertiary/aromatic N) is 1. The van der Waals surface area contributed by atoms with Gasteiger partial charge in [0.2, 0.25) is 0 Å². The van der Waals surface area contributed by atoms with Crippen molar-refractivity contribution in [3.05, 3.63) is 94.0 Å². The summed E-state index contributed by atoms with van der Waals surface area (Å²) in [7, 11) is 0. The molecule has 1 amide bonds.